The molecule has 3 atom stereocenters. The van der Waals surface area contributed by atoms with Crippen LogP contribution in [-0.2, 0) is 11.2 Å². The molecule has 1 aromatic rings. The van der Waals surface area contributed by atoms with Crippen molar-refractivity contribution in [1.29, 1.82) is 0 Å². The van der Waals surface area contributed by atoms with Crippen molar-refractivity contribution in [2.24, 2.45) is 0 Å². The van der Waals surface area contributed by atoms with Gasteiger partial charge < -0.3 is 10.1 Å². The van der Waals surface area contributed by atoms with Crippen molar-refractivity contribution in [2.45, 2.75) is 51.2 Å². The number of hydrogen-bond donors (Lipinski definition) is 1. The molecule has 3 unspecified atom stereocenters. The van der Waals surface area contributed by atoms with Crippen LogP contribution in [0, 0.1) is 0 Å². The summed E-state index contributed by atoms with van der Waals surface area (Å²) in [5.74, 6) is 0. The first-order valence-electron chi connectivity index (χ1n) is 8.22. The highest BCUT2D eigenvalue weighted by molar-refractivity contribution is 5.32. The summed E-state index contributed by atoms with van der Waals surface area (Å²) in [6.45, 7) is 6.39. The molecule has 1 N–H and O–H groups in total. The Morgan fingerprint density at radius 3 is 2.81 bits per heavy atom. The first kappa shape index (κ1) is 16.5. The van der Waals surface area contributed by atoms with E-state index in [-0.39, 0.29) is 0 Å². The van der Waals surface area contributed by atoms with E-state index >= 15 is 0 Å². The molecule has 1 aliphatic rings. The highest BCUT2D eigenvalue weighted by atomic mass is 16.5. The SMILES string of the molecule is CCN(C(C)COC)C1CCCc2ccccc2C1NC. The van der Waals surface area contributed by atoms with Crippen molar-refractivity contribution < 1.29 is 4.74 Å². The second-order valence-corrected chi connectivity index (χ2v) is 6.06. The van der Waals surface area contributed by atoms with Gasteiger partial charge in [-0.25, -0.2) is 0 Å². The first-order valence-corrected chi connectivity index (χ1v) is 8.22. The van der Waals surface area contributed by atoms with Crippen molar-refractivity contribution in [3.05, 3.63) is 35.4 Å². The number of hydrogen-bond acceptors (Lipinski definition) is 3. The zero-order valence-corrected chi connectivity index (χ0v) is 13.9. The number of aryl methyl sites for hydroxylation is 1. The van der Waals surface area contributed by atoms with Crippen LogP contribution < -0.4 is 5.32 Å². The molecule has 1 aromatic carbocycles. The first-order chi connectivity index (χ1) is 10.2. The van der Waals surface area contributed by atoms with E-state index in [1.54, 1.807) is 7.11 Å². The summed E-state index contributed by atoms with van der Waals surface area (Å²) in [4.78, 5) is 2.60. The van der Waals surface area contributed by atoms with E-state index in [0.29, 0.717) is 18.1 Å². The molecule has 3 nitrogen and oxygen atoms in total. The maximum atomic E-state index is 5.38. The minimum atomic E-state index is 0.406. The number of nitrogens with one attached hydrogen (secondary N) is 1. The Bertz CT molecular complexity index is 435. The van der Waals surface area contributed by atoms with E-state index in [1.165, 1.54) is 30.4 Å². The number of benzene rings is 1. The summed E-state index contributed by atoms with van der Waals surface area (Å²) in [5, 5.41) is 3.58. The molecule has 0 aromatic heterocycles. The summed E-state index contributed by atoms with van der Waals surface area (Å²) in [7, 11) is 3.89. The molecule has 0 aliphatic heterocycles. The fourth-order valence-corrected chi connectivity index (χ4v) is 3.86. The van der Waals surface area contributed by atoms with Gasteiger partial charge >= 0.3 is 0 Å². The third kappa shape index (κ3) is 3.65. The van der Waals surface area contributed by atoms with Gasteiger partial charge in [0.2, 0.25) is 0 Å². The Hall–Kier alpha value is -0.900. The van der Waals surface area contributed by atoms with Crippen molar-refractivity contribution in [3.8, 4) is 0 Å². The molecule has 2 rings (SSSR count). The smallest absolute Gasteiger partial charge is 0.0615 e. The van der Waals surface area contributed by atoms with Crippen LogP contribution in [0.5, 0.6) is 0 Å². The molecule has 3 heteroatoms. The number of fused-ring (bicyclic) bond motifs is 1. The Morgan fingerprint density at radius 2 is 2.14 bits per heavy atom. The molecule has 1 aliphatic carbocycles. The third-order valence-electron chi connectivity index (χ3n) is 4.80. The quantitative estimate of drug-likeness (QED) is 0.815. The number of nitrogens with zero attached hydrogens (tertiary/aromatic N) is 1. The van der Waals surface area contributed by atoms with Crippen molar-refractivity contribution in [1.82, 2.24) is 10.2 Å². The van der Waals surface area contributed by atoms with Crippen LogP contribution in [0.4, 0.5) is 0 Å². The molecular weight excluding hydrogens is 260 g/mol. The number of likely N-dealkylation sites (N-methyl/N-ethyl adjacent to an activating group) is 2. The lowest BCUT2D eigenvalue weighted by Gasteiger charge is -2.39. The van der Waals surface area contributed by atoms with Crippen LogP contribution in [0.15, 0.2) is 24.3 Å². The van der Waals surface area contributed by atoms with Gasteiger partial charge in [-0.2, -0.15) is 0 Å². The van der Waals surface area contributed by atoms with E-state index in [4.69, 9.17) is 4.74 Å². The highest BCUT2D eigenvalue weighted by Crippen LogP contribution is 2.32. The molecule has 21 heavy (non-hydrogen) atoms. The maximum Gasteiger partial charge on any atom is 0.0615 e. The van der Waals surface area contributed by atoms with Gasteiger partial charge in [0, 0.05) is 25.2 Å². The van der Waals surface area contributed by atoms with Gasteiger partial charge in [-0.15, -0.1) is 0 Å². The predicted octanol–water partition coefficient (Wildman–Crippen LogP) is 3.01. The van der Waals surface area contributed by atoms with Gasteiger partial charge in [-0.05, 0) is 50.9 Å². The third-order valence-corrected chi connectivity index (χ3v) is 4.80. The van der Waals surface area contributed by atoms with Gasteiger partial charge in [0.25, 0.3) is 0 Å². The van der Waals surface area contributed by atoms with Crippen LogP contribution in [0.1, 0.15) is 43.9 Å². The van der Waals surface area contributed by atoms with Gasteiger partial charge in [0.15, 0.2) is 0 Å². The Morgan fingerprint density at radius 1 is 1.38 bits per heavy atom. The van der Waals surface area contributed by atoms with Gasteiger partial charge in [0.05, 0.1) is 6.61 Å². The maximum absolute atomic E-state index is 5.38. The van der Waals surface area contributed by atoms with Crippen LogP contribution in [0.2, 0.25) is 0 Å². The molecule has 0 radical (unpaired) electrons. The van der Waals surface area contributed by atoms with E-state index in [9.17, 15) is 0 Å². The molecular formula is C18H30N2O. The summed E-state index contributed by atoms with van der Waals surface area (Å²) in [6, 6.07) is 10.3. The summed E-state index contributed by atoms with van der Waals surface area (Å²) < 4.78 is 5.38. The van der Waals surface area contributed by atoms with Crippen LogP contribution in [-0.4, -0.2) is 44.3 Å². The summed E-state index contributed by atoms with van der Waals surface area (Å²) in [6.07, 6.45) is 3.69. The number of rotatable bonds is 6. The zero-order valence-electron chi connectivity index (χ0n) is 13.9. The second-order valence-electron chi connectivity index (χ2n) is 6.06. The fraction of sp³-hybridized carbons (Fsp3) is 0.667. The van der Waals surface area contributed by atoms with E-state index in [1.807, 2.05) is 0 Å². The number of methoxy groups -OCH3 is 1. The lowest BCUT2D eigenvalue weighted by molar-refractivity contribution is 0.0563. The minimum absolute atomic E-state index is 0.406. The van der Waals surface area contributed by atoms with E-state index in [2.05, 4.69) is 55.4 Å². The van der Waals surface area contributed by atoms with Crippen molar-refractivity contribution >= 4 is 0 Å². The minimum Gasteiger partial charge on any atom is -0.383 e. The van der Waals surface area contributed by atoms with Gasteiger partial charge in [-0.1, -0.05) is 31.2 Å². The normalized spacial score (nSPS) is 23.7. The molecule has 0 saturated carbocycles. The van der Waals surface area contributed by atoms with Gasteiger partial charge in [-0.3, -0.25) is 4.90 Å². The van der Waals surface area contributed by atoms with E-state index < -0.39 is 0 Å². The average molecular weight is 290 g/mol. The molecule has 0 heterocycles. The topological polar surface area (TPSA) is 24.5 Å². The van der Waals surface area contributed by atoms with Gasteiger partial charge in [0.1, 0.15) is 0 Å². The molecule has 0 bridgehead atoms. The zero-order chi connectivity index (χ0) is 15.2. The summed E-state index contributed by atoms with van der Waals surface area (Å²) >= 11 is 0. The predicted molar refractivity (Wildman–Crippen MR) is 88.7 cm³/mol. The van der Waals surface area contributed by atoms with Crippen LogP contribution in [0.3, 0.4) is 0 Å². The molecule has 0 amide bonds. The Kier molecular flexibility index (Phi) is 6.22. The lowest BCUT2D eigenvalue weighted by atomic mass is 9.94. The molecule has 0 saturated heterocycles. The Labute approximate surface area is 129 Å². The average Bonchev–Trinajstić information content (AvgIpc) is 2.67. The molecule has 0 spiro atoms. The van der Waals surface area contributed by atoms with Crippen LogP contribution in [0.25, 0.3) is 0 Å². The molecule has 118 valence electrons. The largest absolute Gasteiger partial charge is 0.383 e. The highest BCUT2D eigenvalue weighted by Gasteiger charge is 2.32. The monoisotopic (exact) mass is 290 g/mol. The molecule has 0 fully saturated rings. The Balaban J connectivity index is 2.29. The van der Waals surface area contributed by atoms with Crippen LogP contribution >= 0.6 is 0 Å². The summed E-state index contributed by atoms with van der Waals surface area (Å²) in [5.41, 5.74) is 2.99. The number of ether oxygens (including phenoxy) is 1. The lowest BCUT2D eigenvalue weighted by Crippen LogP contribution is -2.49. The fourth-order valence-electron chi connectivity index (χ4n) is 3.86. The van der Waals surface area contributed by atoms with Crippen molar-refractivity contribution in [2.75, 3.05) is 27.3 Å². The standard InChI is InChI=1S/C18H30N2O/c1-5-20(14(2)13-21-4)17-12-8-10-15-9-6-7-11-16(15)18(17)19-3/h6-7,9,11,14,17-19H,5,8,10,12-13H2,1-4H3. The second kappa shape index (κ2) is 7.92. The van der Waals surface area contributed by atoms with E-state index in [0.717, 1.165) is 13.2 Å². The van der Waals surface area contributed by atoms with Crippen molar-refractivity contribution in [3.63, 3.8) is 0 Å².